The van der Waals surface area contributed by atoms with Gasteiger partial charge < -0.3 is 4.90 Å². The lowest BCUT2D eigenvalue weighted by molar-refractivity contribution is 1.13. The highest BCUT2D eigenvalue weighted by atomic mass is 15.1. The highest BCUT2D eigenvalue weighted by molar-refractivity contribution is 5.67. The van der Waals surface area contributed by atoms with Crippen LogP contribution in [-0.4, -0.2) is 14.1 Å². The number of benzene rings is 2. The van der Waals surface area contributed by atoms with Crippen molar-refractivity contribution in [2.75, 3.05) is 19.0 Å². The molecule has 0 fully saturated rings. The fraction of sp³-hybridized carbons (Fsp3) is 0.133. The molecule has 0 bridgehead atoms. The van der Waals surface area contributed by atoms with E-state index >= 15 is 0 Å². The van der Waals surface area contributed by atoms with E-state index in [1.54, 1.807) is 0 Å². The second kappa shape index (κ2) is 4.71. The standard InChI is InChI=1S/C15H14N2/c1-17(2)15-8-6-13(7-9-15)14-5-3-4-12(10-14)11-16/h3-10H,1-2H3. The largest absolute Gasteiger partial charge is 0.378 e. The Labute approximate surface area is 102 Å². The smallest absolute Gasteiger partial charge is 0.0991 e. The molecule has 2 aromatic rings. The molecule has 0 saturated heterocycles. The van der Waals surface area contributed by atoms with Crippen molar-refractivity contribution in [1.82, 2.24) is 0 Å². The van der Waals surface area contributed by atoms with Gasteiger partial charge in [0.05, 0.1) is 11.6 Å². The highest BCUT2D eigenvalue weighted by Gasteiger charge is 2.00. The van der Waals surface area contributed by atoms with Gasteiger partial charge in [-0.15, -0.1) is 0 Å². The third-order valence-electron chi connectivity index (χ3n) is 2.71. The van der Waals surface area contributed by atoms with E-state index in [4.69, 9.17) is 5.26 Å². The van der Waals surface area contributed by atoms with Crippen LogP contribution in [0, 0.1) is 11.3 Å². The number of nitrogens with zero attached hydrogens (tertiary/aromatic N) is 2. The van der Waals surface area contributed by atoms with Crippen LogP contribution in [0.3, 0.4) is 0 Å². The molecule has 0 N–H and O–H groups in total. The van der Waals surface area contributed by atoms with Crippen LogP contribution in [0.2, 0.25) is 0 Å². The second-order valence-corrected chi connectivity index (χ2v) is 4.13. The maximum Gasteiger partial charge on any atom is 0.0991 e. The Balaban J connectivity index is 2.37. The summed E-state index contributed by atoms with van der Waals surface area (Å²) in [6.07, 6.45) is 0. The van der Waals surface area contributed by atoms with Crippen molar-refractivity contribution < 1.29 is 0 Å². The molecule has 0 aliphatic carbocycles. The first-order valence-electron chi connectivity index (χ1n) is 5.48. The lowest BCUT2D eigenvalue weighted by atomic mass is 10.0. The van der Waals surface area contributed by atoms with Gasteiger partial charge in [0.25, 0.3) is 0 Å². The van der Waals surface area contributed by atoms with Gasteiger partial charge in [-0.25, -0.2) is 0 Å². The molecule has 17 heavy (non-hydrogen) atoms. The van der Waals surface area contributed by atoms with Crippen molar-refractivity contribution in [1.29, 1.82) is 5.26 Å². The molecule has 0 aliphatic rings. The molecule has 0 spiro atoms. The Kier molecular flexibility index (Phi) is 3.11. The first kappa shape index (κ1) is 11.2. The molecule has 84 valence electrons. The molecule has 0 radical (unpaired) electrons. The SMILES string of the molecule is CN(C)c1ccc(-c2cccc(C#N)c2)cc1. The van der Waals surface area contributed by atoms with Crippen LogP contribution in [0.4, 0.5) is 5.69 Å². The van der Waals surface area contributed by atoms with Gasteiger partial charge >= 0.3 is 0 Å². The fourth-order valence-electron chi connectivity index (χ4n) is 1.72. The van der Waals surface area contributed by atoms with Gasteiger partial charge in [0.1, 0.15) is 0 Å². The van der Waals surface area contributed by atoms with Gasteiger partial charge in [0, 0.05) is 19.8 Å². The molecule has 2 rings (SSSR count). The minimum absolute atomic E-state index is 0.694. The van der Waals surface area contributed by atoms with Crippen LogP contribution in [0.5, 0.6) is 0 Å². The Morgan fingerprint density at radius 3 is 2.24 bits per heavy atom. The summed E-state index contributed by atoms with van der Waals surface area (Å²) in [7, 11) is 4.04. The summed E-state index contributed by atoms with van der Waals surface area (Å²) in [5, 5.41) is 8.87. The van der Waals surface area contributed by atoms with E-state index < -0.39 is 0 Å². The normalized spacial score (nSPS) is 9.71. The van der Waals surface area contributed by atoms with E-state index in [1.165, 1.54) is 5.69 Å². The van der Waals surface area contributed by atoms with Crippen LogP contribution >= 0.6 is 0 Å². The summed E-state index contributed by atoms with van der Waals surface area (Å²) in [6, 6.07) is 18.1. The number of hydrogen-bond acceptors (Lipinski definition) is 2. The Bertz CT molecular complexity index is 548. The average Bonchev–Trinajstić information content (AvgIpc) is 2.39. The maximum atomic E-state index is 8.87. The number of anilines is 1. The summed E-state index contributed by atoms with van der Waals surface area (Å²) < 4.78 is 0. The Hall–Kier alpha value is -2.27. The Morgan fingerprint density at radius 1 is 0.941 bits per heavy atom. The fourth-order valence-corrected chi connectivity index (χ4v) is 1.72. The number of nitriles is 1. The van der Waals surface area contributed by atoms with Gasteiger partial charge in [-0.1, -0.05) is 24.3 Å². The van der Waals surface area contributed by atoms with Gasteiger partial charge in [-0.3, -0.25) is 0 Å². The minimum Gasteiger partial charge on any atom is -0.378 e. The quantitative estimate of drug-likeness (QED) is 0.779. The van der Waals surface area contributed by atoms with Crippen molar-refractivity contribution in [3.05, 3.63) is 54.1 Å². The third-order valence-corrected chi connectivity index (χ3v) is 2.71. The van der Waals surface area contributed by atoms with E-state index in [0.29, 0.717) is 5.56 Å². The summed E-state index contributed by atoms with van der Waals surface area (Å²) in [4.78, 5) is 2.06. The summed E-state index contributed by atoms with van der Waals surface area (Å²) >= 11 is 0. The van der Waals surface area contributed by atoms with E-state index in [-0.39, 0.29) is 0 Å². The zero-order valence-corrected chi connectivity index (χ0v) is 10.0. The lowest BCUT2D eigenvalue weighted by Crippen LogP contribution is -2.07. The van der Waals surface area contributed by atoms with Gasteiger partial charge in [0.15, 0.2) is 0 Å². The van der Waals surface area contributed by atoms with E-state index in [0.717, 1.165) is 11.1 Å². The zero-order chi connectivity index (χ0) is 12.3. The molecular formula is C15H14N2. The molecule has 0 atom stereocenters. The minimum atomic E-state index is 0.694. The topological polar surface area (TPSA) is 27.0 Å². The van der Waals surface area contributed by atoms with E-state index in [2.05, 4.69) is 35.2 Å². The number of rotatable bonds is 2. The number of hydrogen-bond donors (Lipinski definition) is 0. The third kappa shape index (κ3) is 2.46. The average molecular weight is 222 g/mol. The predicted molar refractivity (Wildman–Crippen MR) is 70.9 cm³/mol. The van der Waals surface area contributed by atoms with E-state index in [9.17, 15) is 0 Å². The van der Waals surface area contributed by atoms with Crippen molar-refractivity contribution in [2.45, 2.75) is 0 Å². The van der Waals surface area contributed by atoms with Crippen LogP contribution < -0.4 is 4.90 Å². The maximum absolute atomic E-state index is 8.87. The summed E-state index contributed by atoms with van der Waals surface area (Å²) in [5.74, 6) is 0. The lowest BCUT2D eigenvalue weighted by Gasteiger charge is -2.12. The molecule has 0 aliphatic heterocycles. The van der Waals surface area contributed by atoms with Crippen LogP contribution in [0.25, 0.3) is 11.1 Å². The molecule has 2 aromatic carbocycles. The molecule has 0 unspecified atom stereocenters. The van der Waals surface area contributed by atoms with Crippen LogP contribution in [0.1, 0.15) is 5.56 Å². The van der Waals surface area contributed by atoms with Gasteiger partial charge in [-0.05, 0) is 35.4 Å². The van der Waals surface area contributed by atoms with Crippen LogP contribution in [-0.2, 0) is 0 Å². The molecule has 0 saturated carbocycles. The van der Waals surface area contributed by atoms with Crippen molar-refractivity contribution in [2.24, 2.45) is 0 Å². The molecule has 0 heterocycles. The van der Waals surface area contributed by atoms with Crippen molar-refractivity contribution >= 4 is 5.69 Å². The van der Waals surface area contributed by atoms with Crippen LogP contribution in [0.15, 0.2) is 48.5 Å². The first-order chi connectivity index (χ1) is 8.20. The summed E-state index contributed by atoms with van der Waals surface area (Å²) in [6.45, 7) is 0. The van der Waals surface area contributed by atoms with Gasteiger partial charge in [-0.2, -0.15) is 5.26 Å². The first-order valence-corrected chi connectivity index (χ1v) is 5.48. The molecular weight excluding hydrogens is 208 g/mol. The molecule has 0 aromatic heterocycles. The van der Waals surface area contributed by atoms with Gasteiger partial charge in [0.2, 0.25) is 0 Å². The molecule has 2 nitrogen and oxygen atoms in total. The Morgan fingerprint density at radius 2 is 1.65 bits per heavy atom. The molecule has 2 heteroatoms. The monoisotopic (exact) mass is 222 g/mol. The van der Waals surface area contributed by atoms with E-state index in [1.807, 2.05) is 38.4 Å². The van der Waals surface area contributed by atoms with Crippen molar-refractivity contribution in [3.8, 4) is 17.2 Å². The summed E-state index contributed by atoms with van der Waals surface area (Å²) in [5.41, 5.74) is 4.08. The molecule has 0 amide bonds. The van der Waals surface area contributed by atoms with Crippen molar-refractivity contribution in [3.63, 3.8) is 0 Å². The second-order valence-electron chi connectivity index (χ2n) is 4.13. The predicted octanol–water partition coefficient (Wildman–Crippen LogP) is 3.29. The zero-order valence-electron chi connectivity index (χ0n) is 10.0. The highest BCUT2D eigenvalue weighted by Crippen LogP contribution is 2.23.